The van der Waals surface area contributed by atoms with Crippen LogP contribution in [0.25, 0.3) is 0 Å². The number of ketones is 1. The van der Waals surface area contributed by atoms with Crippen LogP contribution in [0.1, 0.15) is 22.8 Å². The van der Waals surface area contributed by atoms with Crippen LogP contribution in [0.15, 0.2) is 41.3 Å². The number of fused-ring (bicyclic) bond motifs is 1. The van der Waals surface area contributed by atoms with Gasteiger partial charge in [-0.3, -0.25) is 9.52 Å². The summed E-state index contributed by atoms with van der Waals surface area (Å²) in [6.07, 6.45) is -4.69. The zero-order valence-corrected chi connectivity index (χ0v) is 14.1. The molecule has 1 N–H and O–H groups in total. The zero-order valence-electron chi connectivity index (χ0n) is 13.3. The van der Waals surface area contributed by atoms with Crippen molar-refractivity contribution in [3.8, 4) is 11.5 Å². The van der Waals surface area contributed by atoms with Gasteiger partial charge in [-0.2, -0.15) is 13.2 Å². The lowest BCUT2D eigenvalue weighted by molar-refractivity contribution is -0.137. The van der Waals surface area contributed by atoms with E-state index in [-0.39, 0.29) is 29.5 Å². The molecule has 1 aliphatic rings. The molecular weight excluding hydrogens is 375 g/mol. The summed E-state index contributed by atoms with van der Waals surface area (Å²) in [4.78, 5) is 11.2. The summed E-state index contributed by atoms with van der Waals surface area (Å²) in [6.45, 7) is 1.14. The van der Waals surface area contributed by atoms with Crippen LogP contribution in [0, 0.1) is 0 Å². The molecule has 0 fully saturated rings. The first-order valence-electron chi connectivity index (χ1n) is 7.22. The normalized spacial score (nSPS) is 13.5. The van der Waals surface area contributed by atoms with Gasteiger partial charge in [-0.25, -0.2) is 8.42 Å². The molecule has 6 nitrogen and oxygen atoms in total. The van der Waals surface area contributed by atoms with Gasteiger partial charge in [-0.1, -0.05) is 6.07 Å². The molecule has 0 amide bonds. The number of ether oxygens (including phenoxy) is 2. The number of carbonyl (C=O) groups is 1. The number of benzene rings is 2. The second-order valence-corrected chi connectivity index (χ2v) is 7.12. The molecule has 1 aliphatic heterocycles. The summed E-state index contributed by atoms with van der Waals surface area (Å²) < 4.78 is 75.8. The van der Waals surface area contributed by atoms with Gasteiger partial charge in [-0.05, 0) is 31.2 Å². The van der Waals surface area contributed by atoms with Crippen molar-refractivity contribution >= 4 is 21.5 Å². The molecule has 0 bridgehead atoms. The lowest BCUT2D eigenvalue weighted by Crippen LogP contribution is -2.16. The predicted molar refractivity (Wildman–Crippen MR) is 84.8 cm³/mol. The second-order valence-electron chi connectivity index (χ2n) is 5.44. The molecule has 3 rings (SSSR count). The molecule has 10 heteroatoms. The van der Waals surface area contributed by atoms with Gasteiger partial charge in [-0.15, -0.1) is 0 Å². The number of carbonyl (C=O) groups excluding carboxylic acids is 1. The number of anilines is 1. The van der Waals surface area contributed by atoms with E-state index in [0.717, 1.165) is 18.2 Å². The van der Waals surface area contributed by atoms with E-state index in [9.17, 15) is 26.4 Å². The summed E-state index contributed by atoms with van der Waals surface area (Å²) in [5.74, 6) is 0.0407. The first kappa shape index (κ1) is 18.1. The molecular formula is C16H12F3NO5S. The fourth-order valence-electron chi connectivity index (χ4n) is 2.36. The Morgan fingerprint density at radius 2 is 1.77 bits per heavy atom. The SMILES string of the molecule is CC(=O)c1cc2c(cc1NS(=O)(=O)c1cccc(C(F)(F)F)c1)OCO2. The molecule has 0 aliphatic carbocycles. The van der Waals surface area contributed by atoms with Crippen LogP contribution in [-0.2, 0) is 16.2 Å². The second kappa shape index (κ2) is 6.20. The molecule has 26 heavy (non-hydrogen) atoms. The minimum absolute atomic E-state index is 0.00445. The summed E-state index contributed by atoms with van der Waals surface area (Å²) in [5, 5.41) is 0. The topological polar surface area (TPSA) is 81.7 Å². The van der Waals surface area contributed by atoms with E-state index in [4.69, 9.17) is 9.47 Å². The first-order chi connectivity index (χ1) is 12.1. The number of halogens is 3. The Kier molecular flexibility index (Phi) is 4.31. The highest BCUT2D eigenvalue weighted by atomic mass is 32.2. The van der Waals surface area contributed by atoms with Crippen LogP contribution in [0.5, 0.6) is 11.5 Å². The molecule has 2 aromatic rings. The summed E-state index contributed by atoms with van der Waals surface area (Å²) in [7, 11) is -4.37. The van der Waals surface area contributed by atoms with Crippen LogP contribution in [0.3, 0.4) is 0 Å². The van der Waals surface area contributed by atoms with E-state index in [2.05, 4.69) is 4.72 Å². The monoisotopic (exact) mass is 387 g/mol. The van der Waals surface area contributed by atoms with Gasteiger partial charge in [0.15, 0.2) is 17.3 Å². The fraction of sp³-hybridized carbons (Fsp3) is 0.188. The van der Waals surface area contributed by atoms with Crippen LogP contribution < -0.4 is 14.2 Å². The summed E-state index contributed by atoms with van der Waals surface area (Å²) >= 11 is 0. The van der Waals surface area contributed by atoms with Gasteiger partial charge in [0.25, 0.3) is 10.0 Å². The molecule has 0 spiro atoms. The number of alkyl halides is 3. The van der Waals surface area contributed by atoms with Crippen LogP contribution in [0.4, 0.5) is 18.9 Å². The number of hydrogen-bond acceptors (Lipinski definition) is 5. The van der Waals surface area contributed by atoms with Crippen LogP contribution >= 0.6 is 0 Å². The Hall–Kier alpha value is -2.75. The van der Waals surface area contributed by atoms with Gasteiger partial charge in [0.2, 0.25) is 6.79 Å². The summed E-state index contributed by atoms with van der Waals surface area (Å²) in [5.41, 5.74) is -1.21. The van der Waals surface area contributed by atoms with Crippen molar-refractivity contribution in [3.05, 3.63) is 47.5 Å². The Morgan fingerprint density at radius 3 is 2.38 bits per heavy atom. The Balaban J connectivity index is 2.02. The molecule has 0 saturated heterocycles. The molecule has 0 aromatic heterocycles. The van der Waals surface area contributed by atoms with Crippen molar-refractivity contribution in [1.29, 1.82) is 0 Å². The predicted octanol–water partition coefficient (Wildman–Crippen LogP) is 3.44. The number of hydrogen-bond donors (Lipinski definition) is 1. The van der Waals surface area contributed by atoms with Gasteiger partial charge in [0, 0.05) is 11.6 Å². The maximum atomic E-state index is 12.8. The van der Waals surface area contributed by atoms with Crippen molar-refractivity contribution in [1.82, 2.24) is 0 Å². The van der Waals surface area contributed by atoms with Crippen molar-refractivity contribution < 1.29 is 35.9 Å². The van der Waals surface area contributed by atoms with Crippen LogP contribution in [-0.4, -0.2) is 21.0 Å². The van der Waals surface area contributed by atoms with E-state index in [1.807, 2.05) is 0 Å². The largest absolute Gasteiger partial charge is 0.454 e. The fourth-order valence-corrected chi connectivity index (χ4v) is 3.48. The first-order valence-corrected chi connectivity index (χ1v) is 8.71. The van der Waals surface area contributed by atoms with Gasteiger partial charge in [0.1, 0.15) is 0 Å². The number of rotatable bonds is 4. The number of Topliss-reactive ketones (excluding diaryl/α,β-unsaturated/α-hetero) is 1. The Bertz CT molecular complexity index is 986. The minimum atomic E-state index is -4.69. The van der Waals surface area contributed by atoms with Gasteiger partial charge < -0.3 is 9.47 Å². The van der Waals surface area contributed by atoms with Crippen LogP contribution in [0.2, 0.25) is 0 Å². The standard InChI is InChI=1S/C16H12F3NO5S/c1-9(21)12-6-14-15(25-8-24-14)7-13(12)20-26(22,23)11-4-2-3-10(5-11)16(17,18)19/h2-7,20H,8H2,1H3. The van der Waals surface area contributed by atoms with Gasteiger partial charge in [0.05, 0.1) is 16.1 Å². The molecule has 0 atom stereocenters. The highest BCUT2D eigenvalue weighted by molar-refractivity contribution is 7.92. The lowest BCUT2D eigenvalue weighted by atomic mass is 10.1. The third kappa shape index (κ3) is 3.45. The van der Waals surface area contributed by atoms with E-state index in [0.29, 0.717) is 6.07 Å². The summed E-state index contributed by atoms with van der Waals surface area (Å²) in [6, 6.07) is 5.86. The molecule has 0 saturated carbocycles. The maximum Gasteiger partial charge on any atom is 0.416 e. The van der Waals surface area contributed by atoms with Crippen molar-refractivity contribution in [2.24, 2.45) is 0 Å². The average Bonchev–Trinajstić information content (AvgIpc) is 3.00. The highest BCUT2D eigenvalue weighted by Gasteiger charge is 2.32. The minimum Gasteiger partial charge on any atom is -0.454 e. The molecule has 0 unspecified atom stereocenters. The lowest BCUT2D eigenvalue weighted by Gasteiger charge is -2.13. The third-order valence-corrected chi connectivity index (χ3v) is 4.97. The molecule has 2 aromatic carbocycles. The third-order valence-electron chi connectivity index (χ3n) is 3.61. The van der Waals surface area contributed by atoms with E-state index < -0.39 is 32.4 Å². The molecule has 1 heterocycles. The Morgan fingerprint density at radius 1 is 1.12 bits per heavy atom. The van der Waals surface area contributed by atoms with E-state index in [1.165, 1.54) is 19.1 Å². The van der Waals surface area contributed by atoms with Gasteiger partial charge >= 0.3 is 6.18 Å². The maximum absolute atomic E-state index is 12.8. The average molecular weight is 387 g/mol. The van der Waals surface area contributed by atoms with Crippen molar-refractivity contribution in [2.75, 3.05) is 11.5 Å². The Labute approximate surface area is 146 Å². The molecule has 0 radical (unpaired) electrons. The number of nitrogens with one attached hydrogen (secondary N) is 1. The highest BCUT2D eigenvalue weighted by Crippen LogP contribution is 2.38. The zero-order chi connectivity index (χ0) is 19.1. The number of sulfonamides is 1. The van der Waals surface area contributed by atoms with Crippen molar-refractivity contribution in [2.45, 2.75) is 18.0 Å². The smallest absolute Gasteiger partial charge is 0.416 e. The van der Waals surface area contributed by atoms with Crippen molar-refractivity contribution in [3.63, 3.8) is 0 Å². The van der Waals surface area contributed by atoms with E-state index in [1.54, 1.807) is 0 Å². The molecule has 138 valence electrons. The quantitative estimate of drug-likeness (QED) is 0.813. The van der Waals surface area contributed by atoms with E-state index >= 15 is 0 Å².